The first-order chi connectivity index (χ1) is 17.7. The molecular formula is C27H26N2O6S2. The smallest absolute Gasteiger partial charge is 0.341 e. The van der Waals surface area contributed by atoms with E-state index in [1.165, 1.54) is 11.3 Å². The highest BCUT2D eigenvalue weighted by atomic mass is 32.2. The molecule has 0 bridgehead atoms. The molecule has 4 rings (SSSR count). The molecule has 2 heterocycles. The van der Waals surface area contributed by atoms with Crippen molar-refractivity contribution in [3.8, 4) is 5.75 Å². The van der Waals surface area contributed by atoms with Crippen LogP contribution in [0.15, 0.2) is 74.5 Å². The highest BCUT2D eigenvalue weighted by molar-refractivity contribution is 7.98. The zero-order chi connectivity index (χ0) is 26.7. The summed E-state index contributed by atoms with van der Waals surface area (Å²) in [5.41, 5.74) is 1.99. The van der Waals surface area contributed by atoms with Crippen LogP contribution in [0.4, 0.5) is 0 Å². The monoisotopic (exact) mass is 538 g/mol. The number of carbonyl (C=O) groups excluding carboxylic acids is 1. The number of aromatic nitrogens is 1. The Morgan fingerprint density at radius 3 is 2.59 bits per heavy atom. The van der Waals surface area contributed by atoms with Crippen LogP contribution in [-0.4, -0.2) is 40.6 Å². The van der Waals surface area contributed by atoms with Gasteiger partial charge in [0.1, 0.15) is 5.75 Å². The number of carbonyl (C=O) groups is 2. The Morgan fingerprint density at radius 2 is 1.95 bits per heavy atom. The first-order valence-corrected chi connectivity index (χ1v) is 13.5. The predicted molar refractivity (Wildman–Crippen MR) is 143 cm³/mol. The van der Waals surface area contributed by atoms with Crippen molar-refractivity contribution in [1.82, 2.24) is 4.57 Å². The van der Waals surface area contributed by atoms with Crippen LogP contribution in [0.3, 0.4) is 0 Å². The Hall–Kier alpha value is -3.63. The standard InChI is InChI=1S/C27H26N2O6S2/c1-15(2)35-26(33)23-16(3)28-27-29(24(23)18-8-10-20(36-4)11-9-18)25(32)21(37-27)13-17-6-5-7-19(12-17)34-14-22(30)31/h5-13,15,24H,14H2,1-4H3,(H,30,31)/b21-13-/t24-/m1/s1. The predicted octanol–water partition coefficient (Wildman–Crippen LogP) is 3.37. The fourth-order valence-electron chi connectivity index (χ4n) is 3.95. The number of rotatable bonds is 8. The van der Waals surface area contributed by atoms with E-state index in [9.17, 15) is 14.4 Å². The van der Waals surface area contributed by atoms with Crippen molar-refractivity contribution in [3.63, 3.8) is 0 Å². The van der Waals surface area contributed by atoms with Crippen LogP contribution in [-0.2, 0) is 14.3 Å². The normalized spacial score (nSPS) is 15.4. The van der Waals surface area contributed by atoms with E-state index in [1.54, 1.807) is 67.4 Å². The number of carboxylic acid groups (broad SMARTS) is 1. The first kappa shape index (κ1) is 26.4. The third kappa shape index (κ3) is 5.86. The van der Waals surface area contributed by atoms with E-state index in [0.29, 0.717) is 31.9 Å². The van der Waals surface area contributed by atoms with Crippen molar-refractivity contribution in [1.29, 1.82) is 0 Å². The van der Waals surface area contributed by atoms with Gasteiger partial charge in [-0.05, 0) is 68.5 Å². The molecule has 0 fully saturated rings. The van der Waals surface area contributed by atoms with E-state index in [2.05, 4.69) is 4.99 Å². The second-order valence-electron chi connectivity index (χ2n) is 8.56. The molecule has 0 spiro atoms. The molecule has 0 aliphatic carbocycles. The molecule has 1 atom stereocenters. The van der Waals surface area contributed by atoms with Gasteiger partial charge in [0.2, 0.25) is 0 Å². The van der Waals surface area contributed by atoms with Crippen molar-refractivity contribution in [2.75, 3.05) is 12.9 Å². The number of carboxylic acids is 1. The molecular weight excluding hydrogens is 512 g/mol. The molecule has 0 radical (unpaired) electrons. The fraction of sp³-hybridized carbons (Fsp3) is 0.259. The number of thioether (sulfide) groups is 1. The number of esters is 1. The maximum Gasteiger partial charge on any atom is 0.341 e. The van der Waals surface area contributed by atoms with Crippen LogP contribution < -0.4 is 19.6 Å². The number of hydrogen-bond donors (Lipinski definition) is 1. The second-order valence-corrected chi connectivity index (χ2v) is 10.5. The van der Waals surface area contributed by atoms with E-state index in [1.807, 2.05) is 30.5 Å². The molecule has 1 aromatic heterocycles. The van der Waals surface area contributed by atoms with Gasteiger partial charge in [0.15, 0.2) is 11.4 Å². The van der Waals surface area contributed by atoms with Crippen LogP contribution in [0.2, 0.25) is 0 Å². The number of allylic oxidation sites excluding steroid dienone is 1. The third-order valence-electron chi connectivity index (χ3n) is 5.53. The molecule has 37 heavy (non-hydrogen) atoms. The van der Waals surface area contributed by atoms with E-state index in [4.69, 9.17) is 14.6 Å². The Kier molecular flexibility index (Phi) is 7.99. The van der Waals surface area contributed by atoms with E-state index in [-0.39, 0.29) is 11.7 Å². The van der Waals surface area contributed by atoms with Gasteiger partial charge in [-0.15, -0.1) is 11.8 Å². The average Bonchev–Trinajstić information content (AvgIpc) is 3.16. The molecule has 1 N–H and O–H groups in total. The number of fused-ring (bicyclic) bond motifs is 1. The SMILES string of the molecule is CSc1ccc([C@@H]2C(C(=O)OC(C)C)=C(C)N=c3s/c(=C\c4cccc(OCC(=O)O)c4)c(=O)n32)cc1. The summed E-state index contributed by atoms with van der Waals surface area (Å²) in [6.45, 7) is 4.84. The molecule has 1 aliphatic rings. The van der Waals surface area contributed by atoms with Gasteiger partial charge >= 0.3 is 11.9 Å². The summed E-state index contributed by atoms with van der Waals surface area (Å²) in [6, 6.07) is 13.9. The van der Waals surface area contributed by atoms with Gasteiger partial charge in [0, 0.05) is 4.90 Å². The fourth-order valence-corrected chi connectivity index (χ4v) is 5.41. The van der Waals surface area contributed by atoms with Gasteiger partial charge in [-0.2, -0.15) is 0 Å². The summed E-state index contributed by atoms with van der Waals surface area (Å²) in [4.78, 5) is 43.9. The van der Waals surface area contributed by atoms with Crippen LogP contribution >= 0.6 is 23.1 Å². The van der Waals surface area contributed by atoms with Crippen LogP contribution in [0.5, 0.6) is 5.75 Å². The maximum atomic E-state index is 13.7. The van der Waals surface area contributed by atoms with Gasteiger partial charge in [-0.25, -0.2) is 14.6 Å². The summed E-state index contributed by atoms with van der Waals surface area (Å²) >= 11 is 2.83. The highest BCUT2D eigenvalue weighted by Crippen LogP contribution is 2.32. The largest absolute Gasteiger partial charge is 0.482 e. The second kappa shape index (κ2) is 11.2. The van der Waals surface area contributed by atoms with Crippen molar-refractivity contribution in [2.45, 2.75) is 37.8 Å². The minimum atomic E-state index is -1.08. The number of thiazole rings is 1. The van der Waals surface area contributed by atoms with Crippen LogP contribution in [0, 0.1) is 0 Å². The number of aliphatic carboxylic acids is 1. The Balaban J connectivity index is 1.85. The lowest BCUT2D eigenvalue weighted by atomic mass is 9.96. The van der Waals surface area contributed by atoms with Crippen molar-refractivity contribution < 1.29 is 24.2 Å². The Morgan fingerprint density at radius 1 is 1.22 bits per heavy atom. The lowest BCUT2D eigenvalue weighted by molar-refractivity contribution is -0.143. The molecule has 1 aliphatic heterocycles. The zero-order valence-corrected chi connectivity index (χ0v) is 22.4. The number of ether oxygens (including phenoxy) is 2. The van der Waals surface area contributed by atoms with Crippen molar-refractivity contribution in [2.24, 2.45) is 4.99 Å². The van der Waals surface area contributed by atoms with Crippen LogP contribution in [0.25, 0.3) is 6.08 Å². The zero-order valence-electron chi connectivity index (χ0n) is 20.8. The quantitative estimate of drug-likeness (QED) is 0.346. The number of nitrogens with zero attached hydrogens (tertiary/aromatic N) is 2. The topological polar surface area (TPSA) is 107 Å². The molecule has 0 amide bonds. The lowest BCUT2D eigenvalue weighted by Gasteiger charge is -2.25. The van der Waals surface area contributed by atoms with Crippen molar-refractivity contribution >= 4 is 41.1 Å². The highest BCUT2D eigenvalue weighted by Gasteiger charge is 2.33. The summed E-state index contributed by atoms with van der Waals surface area (Å²) in [5.74, 6) is -1.20. The van der Waals surface area contributed by atoms with Gasteiger partial charge in [-0.3, -0.25) is 9.36 Å². The van der Waals surface area contributed by atoms with Gasteiger partial charge < -0.3 is 14.6 Å². The van der Waals surface area contributed by atoms with Gasteiger partial charge in [0.25, 0.3) is 5.56 Å². The molecule has 0 saturated heterocycles. The number of benzene rings is 2. The minimum absolute atomic E-state index is 0.290. The van der Waals surface area contributed by atoms with E-state index >= 15 is 0 Å². The molecule has 192 valence electrons. The Labute approximate surface area is 221 Å². The molecule has 3 aromatic rings. The minimum Gasteiger partial charge on any atom is -0.482 e. The van der Waals surface area contributed by atoms with Gasteiger partial charge in [-0.1, -0.05) is 35.6 Å². The van der Waals surface area contributed by atoms with E-state index < -0.39 is 24.6 Å². The molecule has 10 heteroatoms. The summed E-state index contributed by atoms with van der Waals surface area (Å²) in [7, 11) is 0. The lowest BCUT2D eigenvalue weighted by Crippen LogP contribution is -2.40. The van der Waals surface area contributed by atoms with E-state index in [0.717, 1.165) is 10.5 Å². The molecule has 0 saturated carbocycles. The average molecular weight is 539 g/mol. The van der Waals surface area contributed by atoms with Crippen LogP contribution in [0.1, 0.15) is 37.9 Å². The Bertz CT molecular complexity index is 1550. The van der Waals surface area contributed by atoms with Crippen molar-refractivity contribution in [3.05, 3.63) is 90.6 Å². The molecule has 8 nitrogen and oxygen atoms in total. The molecule has 0 unspecified atom stereocenters. The summed E-state index contributed by atoms with van der Waals surface area (Å²) in [5, 5.41) is 8.86. The van der Waals surface area contributed by atoms with Gasteiger partial charge in [0.05, 0.1) is 27.9 Å². The summed E-state index contributed by atoms with van der Waals surface area (Å²) in [6.07, 6.45) is 3.36. The first-order valence-electron chi connectivity index (χ1n) is 11.5. The maximum absolute atomic E-state index is 13.7. The third-order valence-corrected chi connectivity index (χ3v) is 7.26. The number of hydrogen-bond acceptors (Lipinski definition) is 8. The summed E-state index contributed by atoms with van der Waals surface area (Å²) < 4.78 is 12.8. The molecule has 2 aromatic carbocycles.